The van der Waals surface area contributed by atoms with Gasteiger partial charge in [0.1, 0.15) is 0 Å². The molecule has 1 unspecified atom stereocenters. The summed E-state index contributed by atoms with van der Waals surface area (Å²) in [6.07, 6.45) is -2.45. The van der Waals surface area contributed by atoms with Crippen LogP contribution in [0, 0.1) is 0 Å². The van der Waals surface area contributed by atoms with Crippen molar-refractivity contribution in [1.29, 1.82) is 0 Å². The summed E-state index contributed by atoms with van der Waals surface area (Å²) >= 11 is 0. The van der Waals surface area contributed by atoms with E-state index < -0.39 is 24.9 Å². The molecular weight excluding hydrogens is 249 g/mol. The van der Waals surface area contributed by atoms with Gasteiger partial charge in [-0.3, -0.25) is 4.98 Å². The average molecular weight is 262 g/mol. The van der Waals surface area contributed by atoms with Gasteiger partial charge < -0.3 is 9.64 Å². The second kappa shape index (κ2) is 5.70. The quantitative estimate of drug-likeness (QED) is 0.841. The molecule has 0 fully saturated rings. The van der Waals surface area contributed by atoms with Gasteiger partial charge in [-0.05, 0) is 24.6 Å². The summed E-state index contributed by atoms with van der Waals surface area (Å²) in [6, 6.07) is 2.96. The Labute approximate surface area is 102 Å². The molecule has 0 spiro atoms. The summed E-state index contributed by atoms with van der Waals surface area (Å²) in [4.78, 5) is 16.3. The summed E-state index contributed by atoms with van der Waals surface area (Å²) < 4.78 is 39.9. The number of hydrogen-bond acceptors (Lipinski definition) is 3. The predicted molar refractivity (Wildman–Crippen MR) is 57.8 cm³/mol. The fourth-order valence-corrected chi connectivity index (χ4v) is 1.27. The molecule has 1 amide bonds. The number of ether oxygens (including phenoxy) is 1. The number of halogens is 3. The first kappa shape index (κ1) is 14.3. The molecule has 0 aliphatic carbocycles. The molecule has 0 saturated carbocycles. The van der Waals surface area contributed by atoms with Crippen molar-refractivity contribution in [1.82, 2.24) is 9.88 Å². The van der Waals surface area contributed by atoms with Gasteiger partial charge in [-0.2, -0.15) is 13.2 Å². The van der Waals surface area contributed by atoms with Gasteiger partial charge in [-0.1, -0.05) is 0 Å². The molecule has 0 radical (unpaired) electrons. The van der Waals surface area contributed by atoms with Crippen LogP contribution < -0.4 is 0 Å². The molecule has 0 bridgehead atoms. The first-order chi connectivity index (χ1) is 8.31. The van der Waals surface area contributed by atoms with Gasteiger partial charge >= 0.3 is 12.3 Å². The van der Waals surface area contributed by atoms with E-state index in [0.29, 0.717) is 0 Å². The monoisotopic (exact) mass is 262 g/mol. The number of alkyl halides is 3. The van der Waals surface area contributed by atoms with E-state index >= 15 is 0 Å². The van der Waals surface area contributed by atoms with Gasteiger partial charge in [0.2, 0.25) is 0 Å². The Bertz CT molecular complexity index is 395. The van der Waals surface area contributed by atoms with Crippen molar-refractivity contribution in [3.8, 4) is 0 Å². The maximum Gasteiger partial charge on any atom is 0.422 e. The molecule has 1 heterocycles. The van der Waals surface area contributed by atoms with Crippen LogP contribution in [-0.2, 0) is 4.74 Å². The Morgan fingerprint density at radius 2 is 2.00 bits per heavy atom. The minimum Gasteiger partial charge on any atom is -0.440 e. The number of amides is 1. The average Bonchev–Trinajstić information content (AvgIpc) is 2.34. The Morgan fingerprint density at radius 1 is 1.44 bits per heavy atom. The molecule has 18 heavy (non-hydrogen) atoms. The van der Waals surface area contributed by atoms with Crippen LogP contribution in [0.25, 0.3) is 0 Å². The minimum absolute atomic E-state index is 0.395. The van der Waals surface area contributed by atoms with Crippen LogP contribution in [0.5, 0.6) is 0 Å². The number of aromatic nitrogens is 1. The first-order valence-electron chi connectivity index (χ1n) is 5.17. The molecule has 1 aromatic rings. The van der Waals surface area contributed by atoms with Gasteiger partial charge in [-0.15, -0.1) is 0 Å². The zero-order chi connectivity index (χ0) is 13.8. The van der Waals surface area contributed by atoms with Crippen LogP contribution >= 0.6 is 0 Å². The molecule has 1 atom stereocenters. The van der Waals surface area contributed by atoms with Gasteiger partial charge in [-0.25, -0.2) is 4.79 Å². The van der Waals surface area contributed by atoms with Crippen molar-refractivity contribution in [3.63, 3.8) is 0 Å². The number of carbonyl (C=O) groups is 1. The molecular formula is C11H13F3N2O2. The van der Waals surface area contributed by atoms with Crippen molar-refractivity contribution in [3.05, 3.63) is 30.1 Å². The zero-order valence-corrected chi connectivity index (χ0v) is 9.94. The summed E-state index contributed by atoms with van der Waals surface area (Å²) in [6.45, 7) is 0.101. The second-order valence-electron chi connectivity index (χ2n) is 3.74. The molecule has 7 heteroatoms. The third-order valence-electron chi connectivity index (χ3n) is 2.42. The van der Waals surface area contributed by atoms with E-state index in [1.54, 1.807) is 31.5 Å². The van der Waals surface area contributed by atoms with E-state index in [2.05, 4.69) is 9.72 Å². The topological polar surface area (TPSA) is 42.4 Å². The maximum atomic E-state index is 11.9. The summed E-state index contributed by atoms with van der Waals surface area (Å²) in [5.74, 6) is 0. The number of pyridine rings is 1. The van der Waals surface area contributed by atoms with E-state index in [9.17, 15) is 18.0 Å². The predicted octanol–water partition coefficient (Wildman–Crippen LogP) is 2.77. The Morgan fingerprint density at radius 3 is 2.50 bits per heavy atom. The van der Waals surface area contributed by atoms with E-state index in [4.69, 9.17) is 0 Å². The Hall–Kier alpha value is -1.79. The highest BCUT2D eigenvalue weighted by molar-refractivity contribution is 5.67. The number of rotatable bonds is 3. The lowest BCUT2D eigenvalue weighted by Gasteiger charge is -2.24. The van der Waals surface area contributed by atoms with Crippen LogP contribution in [-0.4, -0.2) is 35.8 Å². The van der Waals surface area contributed by atoms with E-state index in [0.717, 1.165) is 10.5 Å². The van der Waals surface area contributed by atoms with Crippen LogP contribution in [0.2, 0.25) is 0 Å². The number of nitrogens with zero attached hydrogens (tertiary/aromatic N) is 2. The number of hydrogen-bond donors (Lipinski definition) is 0. The lowest BCUT2D eigenvalue weighted by atomic mass is 10.1. The molecule has 0 saturated heterocycles. The normalized spacial score (nSPS) is 12.9. The SMILES string of the molecule is CC(c1ccncc1)N(C)C(=O)OCC(F)(F)F. The van der Waals surface area contributed by atoms with Crippen molar-refractivity contribution in [2.75, 3.05) is 13.7 Å². The highest BCUT2D eigenvalue weighted by Gasteiger charge is 2.31. The molecule has 4 nitrogen and oxygen atoms in total. The standard InChI is InChI=1S/C11H13F3N2O2/c1-8(9-3-5-15-6-4-9)16(2)10(17)18-7-11(12,13)14/h3-6,8H,7H2,1-2H3. The Kier molecular flexibility index (Phi) is 4.52. The van der Waals surface area contributed by atoms with Crippen LogP contribution in [0.15, 0.2) is 24.5 Å². The lowest BCUT2D eigenvalue weighted by molar-refractivity contribution is -0.162. The fourth-order valence-electron chi connectivity index (χ4n) is 1.27. The van der Waals surface area contributed by atoms with E-state index in [1.807, 2.05) is 0 Å². The molecule has 100 valence electrons. The molecule has 1 rings (SSSR count). The van der Waals surface area contributed by atoms with Crippen molar-refractivity contribution in [2.45, 2.75) is 19.1 Å². The number of carbonyl (C=O) groups excluding carboxylic acids is 1. The molecule has 0 aliphatic rings. The summed E-state index contributed by atoms with van der Waals surface area (Å²) in [5.41, 5.74) is 0.761. The van der Waals surface area contributed by atoms with E-state index in [1.165, 1.54) is 7.05 Å². The minimum atomic E-state index is -4.52. The van der Waals surface area contributed by atoms with Crippen molar-refractivity contribution < 1.29 is 22.7 Å². The molecule has 1 aromatic heterocycles. The van der Waals surface area contributed by atoms with Gasteiger partial charge in [0.25, 0.3) is 0 Å². The second-order valence-corrected chi connectivity index (χ2v) is 3.74. The summed E-state index contributed by atoms with van der Waals surface area (Å²) in [5, 5.41) is 0. The van der Waals surface area contributed by atoms with Crippen LogP contribution in [0.4, 0.5) is 18.0 Å². The van der Waals surface area contributed by atoms with Crippen LogP contribution in [0.1, 0.15) is 18.5 Å². The third-order valence-corrected chi connectivity index (χ3v) is 2.42. The highest BCUT2D eigenvalue weighted by Crippen LogP contribution is 2.20. The molecule has 0 aromatic carbocycles. The van der Waals surface area contributed by atoms with Crippen LogP contribution in [0.3, 0.4) is 0 Å². The first-order valence-corrected chi connectivity index (χ1v) is 5.17. The highest BCUT2D eigenvalue weighted by atomic mass is 19.4. The van der Waals surface area contributed by atoms with Gasteiger partial charge in [0.05, 0.1) is 6.04 Å². The van der Waals surface area contributed by atoms with Gasteiger partial charge in [0.15, 0.2) is 6.61 Å². The zero-order valence-electron chi connectivity index (χ0n) is 9.94. The maximum absolute atomic E-state index is 11.9. The fraction of sp³-hybridized carbons (Fsp3) is 0.455. The summed E-state index contributed by atoms with van der Waals surface area (Å²) in [7, 11) is 1.38. The molecule has 0 aliphatic heterocycles. The van der Waals surface area contributed by atoms with E-state index in [-0.39, 0.29) is 0 Å². The molecule has 0 N–H and O–H groups in total. The van der Waals surface area contributed by atoms with Crippen molar-refractivity contribution in [2.24, 2.45) is 0 Å². The third kappa shape index (κ3) is 4.23. The van der Waals surface area contributed by atoms with Crippen molar-refractivity contribution >= 4 is 6.09 Å². The Balaban J connectivity index is 2.59. The largest absolute Gasteiger partial charge is 0.440 e. The smallest absolute Gasteiger partial charge is 0.422 e. The lowest BCUT2D eigenvalue weighted by Crippen LogP contribution is -2.33. The van der Waals surface area contributed by atoms with Gasteiger partial charge in [0, 0.05) is 19.4 Å².